The van der Waals surface area contributed by atoms with Gasteiger partial charge < -0.3 is 10.2 Å². The molecule has 2 rings (SSSR count). The van der Waals surface area contributed by atoms with Gasteiger partial charge in [-0.15, -0.1) is 0 Å². The summed E-state index contributed by atoms with van der Waals surface area (Å²) in [6.45, 7) is 3.40. The number of nitrogens with zero attached hydrogens (tertiary/aromatic N) is 1. The highest BCUT2D eigenvalue weighted by Crippen LogP contribution is 2.18. The summed E-state index contributed by atoms with van der Waals surface area (Å²) in [5.41, 5.74) is 0.902. The van der Waals surface area contributed by atoms with Crippen molar-refractivity contribution in [2.75, 3.05) is 23.4 Å². The summed E-state index contributed by atoms with van der Waals surface area (Å²) < 4.78 is 23.1. The second-order valence-corrected chi connectivity index (χ2v) is 7.96. The van der Waals surface area contributed by atoms with E-state index in [1.807, 2.05) is 0 Å². The Hall–Kier alpha value is -2.22. The molecule has 0 spiro atoms. The van der Waals surface area contributed by atoms with Gasteiger partial charge in [0.05, 0.1) is 11.5 Å². The van der Waals surface area contributed by atoms with E-state index < -0.39 is 27.7 Å². The van der Waals surface area contributed by atoms with E-state index in [-0.39, 0.29) is 23.8 Å². The molecule has 130 valence electrons. The first-order chi connectivity index (χ1) is 11.2. The lowest BCUT2D eigenvalue weighted by Gasteiger charge is -2.26. The highest BCUT2D eigenvalue weighted by Gasteiger charge is 2.35. The van der Waals surface area contributed by atoms with Gasteiger partial charge in [-0.3, -0.25) is 14.4 Å². The summed E-state index contributed by atoms with van der Waals surface area (Å²) in [4.78, 5) is 37.0. The van der Waals surface area contributed by atoms with E-state index >= 15 is 0 Å². The second kappa shape index (κ2) is 7.12. The average molecular weight is 352 g/mol. The van der Waals surface area contributed by atoms with Crippen molar-refractivity contribution in [2.24, 2.45) is 0 Å². The van der Waals surface area contributed by atoms with Crippen molar-refractivity contribution >= 4 is 33.1 Å². The minimum Gasteiger partial charge on any atom is -0.331 e. The highest BCUT2D eigenvalue weighted by molar-refractivity contribution is 7.91. The van der Waals surface area contributed by atoms with Gasteiger partial charge in [0.1, 0.15) is 0 Å². The summed E-state index contributed by atoms with van der Waals surface area (Å²) in [5.74, 6) is -1.74. The maximum Gasteiger partial charge on any atom is 0.313 e. The maximum atomic E-state index is 12.3. The van der Waals surface area contributed by atoms with Crippen LogP contribution in [0.1, 0.15) is 30.6 Å². The van der Waals surface area contributed by atoms with Crippen LogP contribution in [0.25, 0.3) is 0 Å². The Morgan fingerprint density at radius 3 is 2.29 bits per heavy atom. The number of nitrogens with one attached hydrogen (secondary N) is 1. The summed E-state index contributed by atoms with van der Waals surface area (Å²) in [7, 11) is -3.14. The fourth-order valence-electron chi connectivity index (χ4n) is 2.69. The lowest BCUT2D eigenvalue weighted by Crippen LogP contribution is -2.46. The Bertz CT molecular complexity index is 755. The van der Waals surface area contributed by atoms with Crippen molar-refractivity contribution in [3.8, 4) is 0 Å². The fourth-order valence-corrected chi connectivity index (χ4v) is 4.42. The molecular weight excluding hydrogens is 332 g/mol. The van der Waals surface area contributed by atoms with E-state index in [1.54, 1.807) is 19.1 Å². The molecule has 24 heavy (non-hydrogen) atoms. The molecule has 1 fully saturated rings. The van der Waals surface area contributed by atoms with E-state index in [2.05, 4.69) is 5.32 Å². The predicted octanol–water partition coefficient (Wildman–Crippen LogP) is 0.863. The molecule has 0 aromatic heterocycles. The molecule has 1 aromatic carbocycles. The molecule has 0 aliphatic carbocycles. The average Bonchev–Trinajstić information content (AvgIpc) is 2.88. The minimum absolute atomic E-state index is 0.0373. The van der Waals surface area contributed by atoms with Gasteiger partial charge >= 0.3 is 11.8 Å². The third-order valence-corrected chi connectivity index (χ3v) is 5.74. The lowest BCUT2D eigenvalue weighted by molar-refractivity contribution is -0.144. The van der Waals surface area contributed by atoms with Crippen LogP contribution in [0.3, 0.4) is 0 Å². The van der Waals surface area contributed by atoms with Gasteiger partial charge in [0.25, 0.3) is 0 Å². The number of carbonyl (C=O) groups excluding carboxylic acids is 3. The predicted molar refractivity (Wildman–Crippen MR) is 89.5 cm³/mol. The van der Waals surface area contributed by atoms with Crippen molar-refractivity contribution in [3.63, 3.8) is 0 Å². The number of likely N-dealkylation sites (N-methyl/N-ethyl adjacent to an activating group) is 1. The number of rotatable bonds is 4. The molecule has 7 nitrogen and oxygen atoms in total. The Morgan fingerprint density at radius 2 is 1.83 bits per heavy atom. The van der Waals surface area contributed by atoms with E-state index in [4.69, 9.17) is 0 Å². The molecule has 1 atom stereocenters. The van der Waals surface area contributed by atoms with Crippen molar-refractivity contribution in [3.05, 3.63) is 29.8 Å². The van der Waals surface area contributed by atoms with Crippen molar-refractivity contribution in [2.45, 2.75) is 26.3 Å². The van der Waals surface area contributed by atoms with Gasteiger partial charge in [0.15, 0.2) is 15.6 Å². The lowest BCUT2D eigenvalue weighted by atomic mass is 10.1. The number of sulfone groups is 1. The van der Waals surface area contributed by atoms with Crippen molar-refractivity contribution in [1.29, 1.82) is 0 Å². The molecule has 0 saturated carbocycles. The third-order valence-electron chi connectivity index (χ3n) is 3.99. The number of carbonyl (C=O) groups is 3. The monoisotopic (exact) mass is 352 g/mol. The standard InChI is InChI=1S/C16H20N2O5S/c1-3-18(14-8-9-24(22,23)10-14)16(21)15(20)17-13-6-4-12(5-7-13)11(2)19/h4-7,14H,3,8-10H2,1-2H3,(H,17,20). The summed E-state index contributed by atoms with van der Waals surface area (Å²) in [6, 6.07) is 5.74. The minimum atomic E-state index is -3.14. The Kier molecular flexibility index (Phi) is 5.38. The van der Waals surface area contributed by atoms with Gasteiger partial charge in [-0.2, -0.15) is 0 Å². The number of hydrogen-bond donors (Lipinski definition) is 1. The van der Waals surface area contributed by atoms with Gasteiger partial charge in [-0.25, -0.2) is 8.42 Å². The molecule has 0 radical (unpaired) electrons. The highest BCUT2D eigenvalue weighted by atomic mass is 32.2. The summed E-state index contributed by atoms with van der Waals surface area (Å²) in [6.07, 6.45) is 0.350. The number of Topliss-reactive ketones (excluding diaryl/α,β-unsaturated/α-hetero) is 1. The second-order valence-electron chi connectivity index (χ2n) is 5.74. The van der Waals surface area contributed by atoms with Gasteiger partial charge in [0.2, 0.25) is 0 Å². The topological polar surface area (TPSA) is 101 Å². The Balaban J connectivity index is 2.05. The fraction of sp³-hybridized carbons (Fsp3) is 0.438. The van der Waals surface area contributed by atoms with E-state index in [0.717, 1.165) is 0 Å². The van der Waals surface area contributed by atoms with E-state index in [9.17, 15) is 22.8 Å². The maximum absolute atomic E-state index is 12.3. The van der Waals surface area contributed by atoms with Crippen LogP contribution in [0.5, 0.6) is 0 Å². The van der Waals surface area contributed by atoms with Crippen LogP contribution in [0.2, 0.25) is 0 Å². The molecule has 1 aromatic rings. The largest absolute Gasteiger partial charge is 0.331 e. The summed E-state index contributed by atoms with van der Waals surface area (Å²) >= 11 is 0. The van der Waals surface area contributed by atoms with E-state index in [0.29, 0.717) is 17.7 Å². The van der Waals surface area contributed by atoms with Crippen LogP contribution in [0, 0.1) is 0 Å². The molecule has 1 saturated heterocycles. The number of hydrogen-bond acceptors (Lipinski definition) is 5. The smallest absolute Gasteiger partial charge is 0.313 e. The van der Waals surface area contributed by atoms with E-state index in [1.165, 1.54) is 24.0 Å². The molecule has 1 aliphatic heterocycles. The molecule has 2 amide bonds. The molecule has 1 N–H and O–H groups in total. The zero-order chi connectivity index (χ0) is 17.9. The molecule has 1 unspecified atom stereocenters. The van der Waals surface area contributed by atoms with Crippen LogP contribution >= 0.6 is 0 Å². The molecule has 1 heterocycles. The third kappa shape index (κ3) is 4.19. The first-order valence-corrected chi connectivity index (χ1v) is 9.49. The van der Waals surface area contributed by atoms with Crippen LogP contribution in [0.15, 0.2) is 24.3 Å². The summed E-state index contributed by atoms with van der Waals surface area (Å²) in [5, 5.41) is 2.48. The van der Waals surface area contributed by atoms with Crippen LogP contribution in [0.4, 0.5) is 5.69 Å². The SMILES string of the molecule is CCN(C(=O)C(=O)Nc1ccc(C(C)=O)cc1)C1CCS(=O)(=O)C1. The van der Waals surface area contributed by atoms with Crippen molar-refractivity contribution in [1.82, 2.24) is 4.90 Å². The Morgan fingerprint density at radius 1 is 1.21 bits per heavy atom. The van der Waals surface area contributed by atoms with Crippen LogP contribution in [-0.4, -0.2) is 55.0 Å². The molecule has 1 aliphatic rings. The number of ketones is 1. The van der Waals surface area contributed by atoms with Gasteiger partial charge in [0, 0.05) is 23.8 Å². The quantitative estimate of drug-likeness (QED) is 0.640. The van der Waals surface area contributed by atoms with Crippen LogP contribution < -0.4 is 5.32 Å². The van der Waals surface area contributed by atoms with Crippen LogP contribution in [-0.2, 0) is 19.4 Å². The molecule has 0 bridgehead atoms. The van der Waals surface area contributed by atoms with Gasteiger partial charge in [-0.05, 0) is 44.5 Å². The first kappa shape index (κ1) is 18.1. The Labute approximate surface area is 140 Å². The number of anilines is 1. The number of amides is 2. The normalized spacial score (nSPS) is 18.8. The number of benzene rings is 1. The zero-order valence-electron chi connectivity index (χ0n) is 13.6. The molecular formula is C16H20N2O5S. The zero-order valence-corrected chi connectivity index (χ0v) is 14.4. The van der Waals surface area contributed by atoms with Crippen molar-refractivity contribution < 1.29 is 22.8 Å². The van der Waals surface area contributed by atoms with Gasteiger partial charge in [-0.1, -0.05) is 0 Å². The molecule has 8 heteroatoms. The first-order valence-electron chi connectivity index (χ1n) is 7.67.